The van der Waals surface area contributed by atoms with Crippen molar-refractivity contribution < 1.29 is 14.7 Å². The van der Waals surface area contributed by atoms with Gasteiger partial charge in [-0.05, 0) is 30.9 Å². The third-order valence-corrected chi connectivity index (χ3v) is 3.55. The van der Waals surface area contributed by atoms with Crippen molar-refractivity contribution in [1.82, 2.24) is 0 Å². The fraction of sp³-hybridized carbons (Fsp3) is 0.333. The molecule has 17 heavy (non-hydrogen) atoms. The molecule has 0 aliphatic carbocycles. The quantitative estimate of drug-likeness (QED) is 0.839. The molecule has 0 bridgehead atoms. The van der Waals surface area contributed by atoms with E-state index in [4.69, 9.17) is 9.94 Å². The summed E-state index contributed by atoms with van der Waals surface area (Å²) in [7, 11) is 0. The third-order valence-electron chi connectivity index (χ3n) is 2.77. The van der Waals surface area contributed by atoms with Crippen LogP contribution in [0.2, 0.25) is 0 Å². The van der Waals surface area contributed by atoms with E-state index in [-0.39, 0.29) is 0 Å². The highest BCUT2D eigenvalue weighted by molar-refractivity contribution is 7.98. The Hall–Kier alpha value is -1.49. The maximum absolute atomic E-state index is 11.1. The van der Waals surface area contributed by atoms with Crippen LogP contribution in [0.5, 0.6) is 0 Å². The summed E-state index contributed by atoms with van der Waals surface area (Å²) in [5.74, 6) is -0.907. The van der Waals surface area contributed by atoms with Crippen molar-refractivity contribution >= 4 is 23.4 Å². The number of benzene rings is 1. The molecule has 0 aromatic heterocycles. The summed E-state index contributed by atoms with van der Waals surface area (Å²) in [6.07, 6.45) is 2.70. The Morgan fingerprint density at radius 2 is 2.29 bits per heavy atom. The lowest BCUT2D eigenvalue weighted by Crippen LogP contribution is -2.08. The van der Waals surface area contributed by atoms with Gasteiger partial charge < -0.3 is 9.94 Å². The number of aromatic carboxylic acids is 1. The second kappa shape index (κ2) is 4.79. The molecule has 0 spiro atoms. The fourth-order valence-corrected chi connectivity index (χ4v) is 2.61. The standard InChI is InChI=1S/C12H13NO3S/c1-7-8(12(14)15)3-4-10(17-2)11(7)9-5-6-16-13-9/h3-4H,5-6H2,1-2H3,(H,14,15). The number of hydrogen-bond acceptors (Lipinski definition) is 4. The van der Waals surface area contributed by atoms with E-state index in [1.165, 1.54) is 0 Å². The lowest BCUT2D eigenvalue weighted by Gasteiger charge is -2.12. The van der Waals surface area contributed by atoms with Crippen molar-refractivity contribution in [2.45, 2.75) is 18.2 Å². The van der Waals surface area contributed by atoms with Crippen LogP contribution >= 0.6 is 11.8 Å². The summed E-state index contributed by atoms with van der Waals surface area (Å²) in [5, 5.41) is 13.1. The Kier molecular flexibility index (Phi) is 3.38. The molecule has 90 valence electrons. The lowest BCUT2D eigenvalue weighted by molar-refractivity contribution is 0.0696. The van der Waals surface area contributed by atoms with Gasteiger partial charge in [0.25, 0.3) is 0 Å². The molecule has 1 aromatic rings. The second-order valence-corrected chi connectivity index (χ2v) is 4.59. The van der Waals surface area contributed by atoms with Crippen molar-refractivity contribution in [1.29, 1.82) is 0 Å². The molecule has 1 aromatic carbocycles. The highest BCUT2D eigenvalue weighted by Gasteiger charge is 2.20. The minimum atomic E-state index is -0.907. The van der Waals surface area contributed by atoms with E-state index in [9.17, 15) is 4.79 Å². The summed E-state index contributed by atoms with van der Waals surface area (Å²) in [6, 6.07) is 3.47. The van der Waals surface area contributed by atoms with Crippen molar-refractivity contribution in [2.24, 2.45) is 5.16 Å². The van der Waals surface area contributed by atoms with Crippen molar-refractivity contribution in [2.75, 3.05) is 12.9 Å². The number of carboxylic acids is 1. The van der Waals surface area contributed by atoms with Gasteiger partial charge in [-0.2, -0.15) is 0 Å². The first-order valence-electron chi connectivity index (χ1n) is 5.25. The van der Waals surface area contributed by atoms with Gasteiger partial charge in [0.15, 0.2) is 0 Å². The molecule has 1 aliphatic heterocycles. The van der Waals surface area contributed by atoms with Gasteiger partial charge in [-0.15, -0.1) is 11.8 Å². The number of hydrogen-bond donors (Lipinski definition) is 1. The molecule has 1 heterocycles. The summed E-state index contributed by atoms with van der Waals surface area (Å²) in [6.45, 7) is 2.39. The molecule has 1 N–H and O–H groups in total. The van der Waals surface area contributed by atoms with Crippen LogP contribution in [0.4, 0.5) is 0 Å². The molecule has 4 nitrogen and oxygen atoms in total. The van der Waals surface area contributed by atoms with E-state index in [2.05, 4.69) is 5.16 Å². The normalized spacial score (nSPS) is 14.4. The molecule has 0 unspecified atom stereocenters. The average Bonchev–Trinajstić information content (AvgIpc) is 2.81. The van der Waals surface area contributed by atoms with Crippen LogP contribution in [0.1, 0.15) is 27.9 Å². The summed E-state index contributed by atoms with van der Waals surface area (Å²) in [5.41, 5.74) is 2.84. The van der Waals surface area contributed by atoms with E-state index >= 15 is 0 Å². The minimum Gasteiger partial charge on any atom is -0.478 e. The lowest BCUT2D eigenvalue weighted by atomic mass is 9.97. The van der Waals surface area contributed by atoms with E-state index in [1.54, 1.807) is 17.8 Å². The monoisotopic (exact) mass is 251 g/mol. The van der Waals surface area contributed by atoms with Gasteiger partial charge in [0.2, 0.25) is 0 Å². The maximum atomic E-state index is 11.1. The van der Waals surface area contributed by atoms with Crippen LogP contribution in [0.3, 0.4) is 0 Å². The van der Waals surface area contributed by atoms with E-state index in [1.807, 2.05) is 19.2 Å². The fourth-order valence-electron chi connectivity index (χ4n) is 1.93. The van der Waals surface area contributed by atoms with Crippen LogP contribution < -0.4 is 0 Å². The highest BCUT2D eigenvalue weighted by Crippen LogP contribution is 2.28. The SMILES string of the molecule is CSc1ccc(C(=O)O)c(C)c1C1=NOCC1. The number of carbonyl (C=O) groups is 1. The molecular formula is C12H13NO3S. The van der Waals surface area contributed by atoms with Crippen molar-refractivity contribution in [3.63, 3.8) is 0 Å². The molecule has 0 atom stereocenters. The predicted molar refractivity (Wildman–Crippen MR) is 67.0 cm³/mol. The van der Waals surface area contributed by atoms with Crippen LogP contribution in [0.25, 0.3) is 0 Å². The van der Waals surface area contributed by atoms with Crippen molar-refractivity contribution in [3.8, 4) is 0 Å². The molecule has 0 saturated heterocycles. The largest absolute Gasteiger partial charge is 0.478 e. The maximum Gasteiger partial charge on any atom is 0.335 e. The molecule has 5 heteroatoms. The van der Waals surface area contributed by atoms with Crippen LogP contribution in [-0.2, 0) is 4.84 Å². The zero-order valence-electron chi connectivity index (χ0n) is 9.69. The van der Waals surface area contributed by atoms with Gasteiger partial charge in [0, 0.05) is 16.9 Å². The number of nitrogens with zero attached hydrogens (tertiary/aromatic N) is 1. The number of carboxylic acid groups (broad SMARTS) is 1. The van der Waals surface area contributed by atoms with Gasteiger partial charge in [-0.1, -0.05) is 5.16 Å². The van der Waals surface area contributed by atoms with Crippen LogP contribution in [0.15, 0.2) is 22.2 Å². The van der Waals surface area contributed by atoms with Crippen molar-refractivity contribution in [3.05, 3.63) is 28.8 Å². The van der Waals surface area contributed by atoms with E-state index in [0.717, 1.165) is 28.2 Å². The van der Waals surface area contributed by atoms with Gasteiger partial charge in [-0.3, -0.25) is 0 Å². The number of rotatable bonds is 3. The van der Waals surface area contributed by atoms with Gasteiger partial charge in [0.1, 0.15) is 6.61 Å². The van der Waals surface area contributed by atoms with Gasteiger partial charge >= 0.3 is 5.97 Å². The van der Waals surface area contributed by atoms with E-state index < -0.39 is 5.97 Å². The van der Waals surface area contributed by atoms with Crippen LogP contribution in [0, 0.1) is 6.92 Å². The van der Waals surface area contributed by atoms with Gasteiger partial charge in [-0.25, -0.2) is 4.79 Å². The molecule has 0 radical (unpaired) electrons. The number of oxime groups is 1. The Labute approximate surface area is 104 Å². The predicted octanol–water partition coefficient (Wildman–Crippen LogP) is 2.54. The average molecular weight is 251 g/mol. The zero-order chi connectivity index (χ0) is 12.4. The molecule has 1 aliphatic rings. The zero-order valence-corrected chi connectivity index (χ0v) is 10.5. The smallest absolute Gasteiger partial charge is 0.335 e. The Morgan fingerprint density at radius 3 is 2.82 bits per heavy atom. The first kappa shape index (κ1) is 12.0. The van der Waals surface area contributed by atoms with E-state index in [0.29, 0.717) is 12.2 Å². The summed E-state index contributed by atoms with van der Waals surface area (Å²) in [4.78, 5) is 17.1. The first-order valence-corrected chi connectivity index (χ1v) is 6.47. The Balaban J connectivity index is 2.60. The molecular weight excluding hydrogens is 238 g/mol. The Morgan fingerprint density at radius 1 is 1.53 bits per heavy atom. The topological polar surface area (TPSA) is 58.9 Å². The Bertz CT molecular complexity index is 497. The summed E-state index contributed by atoms with van der Waals surface area (Å²) < 4.78 is 0. The minimum absolute atomic E-state index is 0.326. The van der Waals surface area contributed by atoms with Crippen LogP contribution in [-0.4, -0.2) is 29.7 Å². The molecule has 0 amide bonds. The number of thioether (sulfide) groups is 1. The molecule has 2 rings (SSSR count). The summed E-state index contributed by atoms with van der Waals surface area (Å²) >= 11 is 1.59. The first-order chi connectivity index (χ1) is 8.15. The highest BCUT2D eigenvalue weighted by atomic mass is 32.2. The van der Waals surface area contributed by atoms with Gasteiger partial charge in [0.05, 0.1) is 11.3 Å². The third kappa shape index (κ3) is 2.15. The molecule has 0 saturated carbocycles. The second-order valence-electron chi connectivity index (χ2n) is 3.74. The molecule has 0 fully saturated rings.